The summed E-state index contributed by atoms with van der Waals surface area (Å²) in [5.74, 6) is -1.85. The zero-order valence-corrected chi connectivity index (χ0v) is 14.3. The number of carbonyl (C=O) groups is 1. The van der Waals surface area contributed by atoms with Crippen molar-refractivity contribution >= 4 is 17.4 Å². The van der Waals surface area contributed by atoms with Crippen LogP contribution in [0.1, 0.15) is 21.6 Å². The molecule has 1 amide bonds. The van der Waals surface area contributed by atoms with Crippen molar-refractivity contribution < 1.29 is 13.6 Å². The van der Waals surface area contributed by atoms with Crippen LogP contribution in [-0.4, -0.2) is 22.4 Å². The minimum atomic E-state index is -1.03. The third kappa shape index (κ3) is 3.62. The minimum absolute atomic E-state index is 0.0980. The van der Waals surface area contributed by atoms with E-state index in [1.165, 1.54) is 23.4 Å². The lowest BCUT2D eigenvalue weighted by atomic mass is 10.0. The summed E-state index contributed by atoms with van der Waals surface area (Å²) in [5.41, 5.74) is 2.84. The van der Waals surface area contributed by atoms with Crippen molar-refractivity contribution in [2.45, 2.75) is 13.0 Å². The van der Waals surface area contributed by atoms with Gasteiger partial charge in [-0.3, -0.25) is 4.79 Å². The van der Waals surface area contributed by atoms with Crippen LogP contribution in [0.3, 0.4) is 0 Å². The molecule has 0 fully saturated rings. The number of fused-ring (bicyclic) bond motifs is 1. The molecule has 1 aliphatic rings. The molecule has 0 saturated heterocycles. The second-order valence-corrected chi connectivity index (χ2v) is 6.28. The van der Waals surface area contributed by atoms with Crippen LogP contribution in [0.5, 0.6) is 0 Å². The molecule has 0 saturated carbocycles. The molecule has 0 atom stereocenters. The van der Waals surface area contributed by atoms with Crippen LogP contribution in [0.4, 0.5) is 20.3 Å². The second-order valence-electron chi connectivity index (χ2n) is 6.28. The maximum absolute atomic E-state index is 13.2. The van der Waals surface area contributed by atoms with Gasteiger partial charge in [0.2, 0.25) is 0 Å². The van der Waals surface area contributed by atoms with Gasteiger partial charge < -0.3 is 10.2 Å². The number of anilines is 2. The summed E-state index contributed by atoms with van der Waals surface area (Å²) in [4.78, 5) is 22.8. The summed E-state index contributed by atoms with van der Waals surface area (Å²) < 4.78 is 26.2. The van der Waals surface area contributed by atoms with E-state index in [4.69, 9.17) is 0 Å². The van der Waals surface area contributed by atoms with Crippen LogP contribution in [0.15, 0.2) is 54.9 Å². The molecule has 7 heteroatoms. The largest absolute Gasteiger partial charge is 0.351 e. The molecule has 4 rings (SSSR count). The van der Waals surface area contributed by atoms with Crippen LogP contribution in [-0.2, 0) is 13.0 Å². The van der Waals surface area contributed by atoms with Gasteiger partial charge in [0.25, 0.3) is 5.91 Å². The molecule has 1 aromatic heterocycles. The average Bonchev–Trinajstić information content (AvgIpc) is 2.70. The Morgan fingerprint density at radius 3 is 2.56 bits per heavy atom. The van der Waals surface area contributed by atoms with Gasteiger partial charge in [-0.25, -0.2) is 18.7 Å². The number of nitrogens with zero attached hydrogens (tertiary/aromatic N) is 3. The first-order valence-corrected chi connectivity index (χ1v) is 8.50. The van der Waals surface area contributed by atoms with E-state index in [2.05, 4.69) is 32.3 Å². The van der Waals surface area contributed by atoms with Gasteiger partial charge in [0.15, 0.2) is 11.6 Å². The number of hydrogen-bond donors (Lipinski definition) is 1. The number of hydrogen-bond acceptors (Lipinski definition) is 4. The molecule has 2 heterocycles. The van der Waals surface area contributed by atoms with Crippen molar-refractivity contribution in [2.75, 3.05) is 16.8 Å². The van der Waals surface area contributed by atoms with Crippen molar-refractivity contribution in [3.05, 3.63) is 83.3 Å². The first-order chi connectivity index (χ1) is 13.1. The van der Waals surface area contributed by atoms with Crippen LogP contribution >= 0.6 is 0 Å². The summed E-state index contributed by atoms with van der Waals surface area (Å²) in [6, 6.07) is 11.4. The first-order valence-electron chi connectivity index (χ1n) is 8.50. The topological polar surface area (TPSA) is 58.1 Å². The summed E-state index contributed by atoms with van der Waals surface area (Å²) in [5, 5.41) is 2.48. The Hall–Kier alpha value is -3.35. The number of aromatic nitrogens is 2. The van der Waals surface area contributed by atoms with E-state index >= 15 is 0 Å². The molecule has 1 N–H and O–H groups in total. The summed E-state index contributed by atoms with van der Waals surface area (Å²) in [7, 11) is 0. The van der Waals surface area contributed by atoms with Gasteiger partial charge in [-0.1, -0.05) is 24.3 Å². The molecule has 1 aliphatic heterocycles. The average molecular weight is 366 g/mol. The lowest BCUT2D eigenvalue weighted by Crippen LogP contribution is -2.31. The van der Waals surface area contributed by atoms with Gasteiger partial charge >= 0.3 is 0 Å². The standard InChI is InChI=1S/C20H16F2N4O/c21-16-6-5-15(9-17(16)22)25-20(27)18-10-24-19(11-23-18)26-8-7-13-3-1-2-4-14(13)12-26/h1-6,9-11H,7-8,12H2,(H,25,27). The Morgan fingerprint density at radius 2 is 1.81 bits per heavy atom. The highest BCUT2D eigenvalue weighted by Crippen LogP contribution is 2.22. The van der Waals surface area contributed by atoms with Gasteiger partial charge in [0.1, 0.15) is 11.5 Å². The molecule has 27 heavy (non-hydrogen) atoms. The Kier molecular flexibility index (Phi) is 4.50. The first kappa shape index (κ1) is 17.1. The fraction of sp³-hybridized carbons (Fsp3) is 0.150. The Labute approximate surface area is 154 Å². The van der Waals surface area contributed by atoms with Gasteiger partial charge in [0, 0.05) is 24.8 Å². The van der Waals surface area contributed by atoms with Crippen molar-refractivity contribution in [3.8, 4) is 0 Å². The van der Waals surface area contributed by atoms with Gasteiger partial charge in [-0.2, -0.15) is 0 Å². The van der Waals surface area contributed by atoms with Crippen LogP contribution in [0.2, 0.25) is 0 Å². The van der Waals surface area contributed by atoms with Crippen molar-refractivity contribution in [2.24, 2.45) is 0 Å². The van der Waals surface area contributed by atoms with E-state index in [1.807, 2.05) is 12.1 Å². The number of halogens is 2. The van der Waals surface area contributed by atoms with Gasteiger partial charge in [0.05, 0.1) is 12.4 Å². The van der Waals surface area contributed by atoms with E-state index < -0.39 is 17.5 Å². The lowest BCUT2D eigenvalue weighted by Gasteiger charge is -2.29. The summed E-state index contributed by atoms with van der Waals surface area (Å²) >= 11 is 0. The molecule has 2 aromatic carbocycles. The van der Waals surface area contributed by atoms with Crippen molar-refractivity contribution in [1.82, 2.24) is 9.97 Å². The summed E-state index contributed by atoms with van der Waals surface area (Å²) in [6.45, 7) is 1.57. The Morgan fingerprint density at radius 1 is 1.00 bits per heavy atom. The maximum Gasteiger partial charge on any atom is 0.275 e. The third-order valence-corrected chi connectivity index (χ3v) is 4.50. The monoisotopic (exact) mass is 366 g/mol. The van der Waals surface area contributed by atoms with Crippen LogP contribution < -0.4 is 10.2 Å². The molecule has 136 valence electrons. The molecule has 3 aromatic rings. The predicted molar refractivity (Wildman–Crippen MR) is 97.5 cm³/mol. The quantitative estimate of drug-likeness (QED) is 0.770. The SMILES string of the molecule is O=C(Nc1ccc(F)c(F)c1)c1cnc(N2CCc3ccccc3C2)cn1. The van der Waals surface area contributed by atoms with Crippen molar-refractivity contribution in [3.63, 3.8) is 0 Å². The molecule has 0 spiro atoms. The second kappa shape index (κ2) is 7.11. The molecule has 0 aliphatic carbocycles. The Balaban J connectivity index is 1.46. The van der Waals surface area contributed by atoms with Gasteiger partial charge in [-0.15, -0.1) is 0 Å². The summed E-state index contributed by atoms with van der Waals surface area (Å²) in [6.07, 6.45) is 3.86. The minimum Gasteiger partial charge on any atom is -0.351 e. The molecular weight excluding hydrogens is 350 g/mol. The normalized spacial score (nSPS) is 13.2. The lowest BCUT2D eigenvalue weighted by molar-refractivity contribution is 0.102. The van der Waals surface area contributed by atoms with E-state index in [-0.39, 0.29) is 11.4 Å². The molecular formula is C20H16F2N4O. The highest BCUT2D eigenvalue weighted by molar-refractivity contribution is 6.02. The predicted octanol–water partition coefficient (Wildman–Crippen LogP) is 3.57. The zero-order chi connectivity index (χ0) is 18.8. The van der Waals surface area contributed by atoms with Crippen LogP contribution in [0, 0.1) is 11.6 Å². The molecule has 0 radical (unpaired) electrons. The fourth-order valence-electron chi connectivity index (χ4n) is 3.06. The van der Waals surface area contributed by atoms with Gasteiger partial charge in [-0.05, 0) is 29.7 Å². The fourth-order valence-corrected chi connectivity index (χ4v) is 3.06. The van der Waals surface area contributed by atoms with E-state index in [9.17, 15) is 13.6 Å². The van der Waals surface area contributed by atoms with E-state index in [0.717, 1.165) is 31.6 Å². The number of benzene rings is 2. The molecule has 0 unspecified atom stereocenters. The molecule has 0 bridgehead atoms. The zero-order valence-electron chi connectivity index (χ0n) is 14.3. The number of nitrogens with one attached hydrogen (secondary N) is 1. The third-order valence-electron chi connectivity index (χ3n) is 4.50. The highest BCUT2D eigenvalue weighted by Gasteiger charge is 2.18. The number of amides is 1. The highest BCUT2D eigenvalue weighted by atomic mass is 19.2. The van der Waals surface area contributed by atoms with Crippen LogP contribution in [0.25, 0.3) is 0 Å². The van der Waals surface area contributed by atoms with E-state index in [1.54, 1.807) is 6.20 Å². The van der Waals surface area contributed by atoms with E-state index in [0.29, 0.717) is 5.82 Å². The maximum atomic E-state index is 13.2. The number of rotatable bonds is 3. The Bertz CT molecular complexity index is 992. The van der Waals surface area contributed by atoms with Crippen molar-refractivity contribution in [1.29, 1.82) is 0 Å². The molecule has 5 nitrogen and oxygen atoms in total. The number of carbonyl (C=O) groups excluding carboxylic acids is 1. The smallest absolute Gasteiger partial charge is 0.275 e.